The molecule has 5 rings (SSSR count). The van der Waals surface area contributed by atoms with Crippen LogP contribution in [0.25, 0.3) is 0 Å². The zero-order valence-corrected chi connectivity index (χ0v) is 20.3. The van der Waals surface area contributed by atoms with Crippen LogP contribution >= 0.6 is 0 Å². The van der Waals surface area contributed by atoms with Gasteiger partial charge in [-0.05, 0) is 61.6 Å². The van der Waals surface area contributed by atoms with Crippen LogP contribution in [0.4, 0.5) is 10.1 Å². The zero-order chi connectivity index (χ0) is 25.4. The molecule has 1 aliphatic heterocycles. The standard InChI is InChI=1S/C27H28FN5O3/c1-3-17-5-4-6-20(13-17)31-24(34)22-23-25(35)33(21-11-12-21)27(2,15-32(23)16-30-22)26(36)29-14-18-7-9-19(28)10-8-18/h4-10,13,16,21H,3,11-12,14-15H2,1-2H3,(H,29,36)(H,31,34). The Labute approximate surface area is 208 Å². The van der Waals surface area contributed by atoms with Crippen LogP contribution in [0.2, 0.25) is 0 Å². The average molecular weight is 490 g/mol. The van der Waals surface area contributed by atoms with Gasteiger partial charge in [-0.1, -0.05) is 31.2 Å². The Morgan fingerprint density at radius 1 is 1.14 bits per heavy atom. The maximum Gasteiger partial charge on any atom is 0.276 e. The van der Waals surface area contributed by atoms with Crippen molar-refractivity contribution in [3.8, 4) is 0 Å². The highest BCUT2D eigenvalue weighted by Gasteiger charge is 2.53. The fraction of sp³-hybridized carbons (Fsp3) is 0.333. The molecule has 1 aromatic heterocycles. The van der Waals surface area contributed by atoms with Crippen molar-refractivity contribution in [1.29, 1.82) is 0 Å². The molecule has 1 unspecified atom stereocenters. The van der Waals surface area contributed by atoms with Crippen molar-refractivity contribution < 1.29 is 18.8 Å². The topological polar surface area (TPSA) is 96.3 Å². The van der Waals surface area contributed by atoms with Gasteiger partial charge < -0.3 is 20.1 Å². The number of rotatable bonds is 7. The van der Waals surface area contributed by atoms with Gasteiger partial charge in [0, 0.05) is 18.3 Å². The molecule has 2 aromatic carbocycles. The van der Waals surface area contributed by atoms with Gasteiger partial charge in [0.1, 0.15) is 17.1 Å². The van der Waals surface area contributed by atoms with Crippen molar-refractivity contribution in [3.63, 3.8) is 0 Å². The number of hydrogen-bond donors (Lipinski definition) is 2. The maximum absolute atomic E-state index is 13.7. The number of aryl methyl sites for hydroxylation is 1. The van der Waals surface area contributed by atoms with Crippen molar-refractivity contribution >= 4 is 23.4 Å². The summed E-state index contributed by atoms with van der Waals surface area (Å²) in [6, 6.07) is 13.4. The highest BCUT2D eigenvalue weighted by atomic mass is 19.1. The minimum atomic E-state index is -1.16. The largest absolute Gasteiger partial charge is 0.350 e. The van der Waals surface area contributed by atoms with Crippen LogP contribution in [-0.2, 0) is 24.3 Å². The molecule has 36 heavy (non-hydrogen) atoms. The average Bonchev–Trinajstić information content (AvgIpc) is 3.61. The molecular weight excluding hydrogens is 461 g/mol. The first kappa shape index (κ1) is 23.7. The summed E-state index contributed by atoms with van der Waals surface area (Å²) in [4.78, 5) is 46.1. The van der Waals surface area contributed by atoms with E-state index in [0.717, 1.165) is 30.4 Å². The Balaban J connectivity index is 1.39. The van der Waals surface area contributed by atoms with Gasteiger partial charge in [0.15, 0.2) is 5.69 Å². The molecule has 2 N–H and O–H groups in total. The Morgan fingerprint density at radius 2 is 1.89 bits per heavy atom. The summed E-state index contributed by atoms with van der Waals surface area (Å²) in [5, 5.41) is 5.74. The van der Waals surface area contributed by atoms with E-state index in [-0.39, 0.29) is 48.2 Å². The van der Waals surface area contributed by atoms with Crippen LogP contribution in [-0.4, -0.2) is 43.8 Å². The number of benzene rings is 2. The number of carbonyl (C=O) groups is 3. The first-order chi connectivity index (χ1) is 17.3. The monoisotopic (exact) mass is 489 g/mol. The third-order valence-electron chi connectivity index (χ3n) is 6.84. The summed E-state index contributed by atoms with van der Waals surface area (Å²) in [6.07, 6.45) is 3.87. The molecule has 1 atom stereocenters. The smallest absolute Gasteiger partial charge is 0.276 e. The lowest BCUT2D eigenvalue weighted by molar-refractivity contribution is -0.133. The van der Waals surface area contributed by atoms with E-state index in [0.29, 0.717) is 5.69 Å². The third-order valence-corrected chi connectivity index (χ3v) is 6.84. The van der Waals surface area contributed by atoms with E-state index >= 15 is 0 Å². The molecule has 1 fully saturated rings. The molecule has 3 amide bonds. The number of nitrogens with one attached hydrogen (secondary N) is 2. The van der Waals surface area contributed by atoms with Crippen LogP contribution in [0.15, 0.2) is 54.9 Å². The van der Waals surface area contributed by atoms with Crippen LogP contribution in [0.3, 0.4) is 0 Å². The minimum Gasteiger partial charge on any atom is -0.350 e. The fourth-order valence-corrected chi connectivity index (χ4v) is 4.76. The van der Waals surface area contributed by atoms with Gasteiger partial charge in [0.2, 0.25) is 5.91 Å². The number of amides is 3. The first-order valence-electron chi connectivity index (χ1n) is 12.1. The number of halogens is 1. The molecule has 2 heterocycles. The van der Waals surface area contributed by atoms with E-state index in [1.54, 1.807) is 34.6 Å². The fourth-order valence-electron chi connectivity index (χ4n) is 4.76. The summed E-state index contributed by atoms with van der Waals surface area (Å²) in [5.74, 6) is -1.51. The molecule has 186 valence electrons. The van der Waals surface area contributed by atoms with Crippen LogP contribution in [0.1, 0.15) is 58.8 Å². The lowest BCUT2D eigenvalue weighted by Gasteiger charge is -2.44. The molecule has 0 radical (unpaired) electrons. The lowest BCUT2D eigenvalue weighted by atomic mass is 9.93. The molecular formula is C27H28FN5O3. The predicted octanol–water partition coefficient (Wildman–Crippen LogP) is 3.53. The Bertz CT molecular complexity index is 1330. The van der Waals surface area contributed by atoms with Crippen molar-refractivity contribution in [1.82, 2.24) is 19.8 Å². The van der Waals surface area contributed by atoms with E-state index in [2.05, 4.69) is 15.6 Å². The van der Waals surface area contributed by atoms with Gasteiger partial charge in [-0.2, -0.15) is 0 Å². The summed E-state index contributed by atoms with van der Waals surface area (Å²) in [7, 11) is 0. The van der Waals surface area contributed by atoms with Crippen molar-refractivity contribution in [2.75, 3.05) is 5.32 Å². The summed E-state index contributed by atoms with van der Waals surface area (Å²) < 4.78 is 14.8. The highest BCUT2D eigenvalue weighted by Crippen LogP contribution is 2.39. The Hall–Kier alpha value is -4.01. The normalized spacial score (nSPS) is 19.1. The van der Waals surface area contributed by atoms with Crippen molar-refractivity contribution in [2.24, 2.45) is 0 Å². The second-order valence-corrected chi connectivity index (χ2v) is 9.57. The number of aromatic nitrogens is 2. The lowest BCUT2D eigenvalue weighted by Crippen LogP contribution is -2.64. The van der Waals surface area contributed by atoms with Crippen molar-refractivity contribution in [2.45, 2.75) is 57.8 Å². The second-order valence-electron chi connectivity index (χ2n) is 9.57. The molecule has 1 saturated carbocycles. The van der Waals surface area contributed by atoms with E-state index in [1.807, 2.05) is 25.1 Å². The van der Waals surface area contributed by atoms with Gasteiger partial charge in [-0.15, -0.1) is 0 Å². The molecule has 0 saturated heterocycles. The van der Waals surface area contributed by atoms with Gasteiger partial charge in [0.05, 0.1) is 12.9 Å². The zero-order valence-electron chi connectivity index (χ0n) is 20.3. The van der Waals surface area contributed by atoms with Gasteiger partial charge in [-0.3, -0.25) is 14.4 Å². The maximum atomic E-state index is 13.7. The Morgan fingerprint density at radius 3 is 2.58 bits per heavy atom. The number of carbonyl (C=O) groups excluding carboxylic acids is 3. The molecule has 1 aliphatic carbocycles. The SMILES string of the molecule is CCc1cccc(NC(=O)c2ncn3c2C(=O)N(C2CC2)C(C)(C(=O)NCc2ccc(F)cc2)C3)c1. The van der Waals surface area contributed by atoms with Crippen LogP contribution in [0.5, 0.6) is 0 Å². The molecule has 0 spiro atoms. The van der Waals surface area contributed by atoms with E-state index in [9.17, 15) is 18.8 Å². The molecule has 0 bridgehead atoms. The third kappa shape index (κ3) is 4.36. The summed E-state index contributed by atoms with van der Waals surface area (Å²) in [5.41, 5.74) is 1.54. The Kier molecular flexibility index (Phi) is 6.07. The number of hydrogen-bond acceptors (Lipinski definition) is 4. The van der Waals surface area contributed by atoms with Gasteiger partial charge in [0.25, 0.3) is 11.8 Å². The first-order valence-corrected chi connectivity index (χ1v) is 12.1. The molecule has 8 nitrogen and oxygen atoms in total. The summed E-state index contributed by atoms with van der Waals surface area (Å²) >= 11 is 0. The summed E-state index contributed by atoms with van der Waals surface area (Å²) in [6.45, 7) is 4.15. The highest BCUT2D eigenvalue weighted by molar-refractivity contribution is 6.11. The quantitative estimate of drug-likeness (QED) is 0.531. The number of fused-ring (bicyclic) bond motifs is 1. The minimum absolute atomic E-state index is 0.0429. The predicted molar refractivity (Wildman–Crippen MR) is 132 cm³/mol. The van der Waals surface area contributed by atoms with Crippen LogP contribution < -0.4 is 10.6 Å². The number of nitrogens with zero attached hydrogens (tertiary/aromatic N) is 3. The number of imidazole rings is 1. The molecule has 9 heteroatoms. The van der Waals surface area contributed by atoms with Gasteiger partial charge >= 0.3 is 0 Å². The van der Waals surface area contributed by atoms with E-state index in [4.69, 9.17) is 0 Å². The van der Waals surface area contributed by atoms with E-state index in [1.165, 1.54) is 18.5 Å². The molecule has 3 aromatic rings. The van der Waals surface area contributed by atoms with Crippen LogP contribution in [0, 0.1) is 5.82 Å². The van der Waals surface area contributed by atoms with Crippen molar-refractivity contribution in [3.05, 3.63) is 83.2 Å². The number of anilines is 1. The second kappa shape index (κ2) is 9.22. The van der Waals surface area contributed by atoms with Gasteiger partial charge in [-0.25, -0.2) is 9.37 Å². The molecule has 2 aliphatic rings. The van der Waals surface area contributed by atoms with E-state index < -0.39 is 11.4 Å².